The van der Waals surface area contributed by atoms with E-state index in [1.807, 2.05) is 0 Å². The fraction of sp³-hybridized carbons (Fsp3) is 0.312. The number of ether oxygens (including phenoxy) is 1. The van der Waals surface area contributed by atoms with Gasteiger partial charge in [-0.1, -0.05) is 11.6 Å². The number of cyclic esters (lactones) is 1. The van der Waals surface area contributed by atoms with Crippen molar-refractivity contribution in [1.29, 1.82) is 0 Å². The van der Waals surface area contributed by atoms with E-state index >= 15 is 0 Å². The van der Waals surface area contributed by atoms with Gasteiger partial charge in [0.1, 0.15) is 11.1 Å². The van der Waals surface area contributed by atoms with Gasteiger partial charge in [-0.05, 0) is 24.3 Å². The molecule has 0 spiro atoms. The number of rotatable bonds is 1. The number of amides is 1. The Balaban J connectivity index is 1.69. The molecule has 2 fully saturated rings. The number of hydrogen-bond donors (Lipinski definition) is 0. The monoisotopic (exact) mass is 333 g/mol. The van der Waals surface area contributed by atoms with E-state index in [2.05, 4.69) is 0 Å². The van der Waals surface area contributed by atoms with Crippen LogP contribution in [0.3, 0.4) is 0 Å². The zero-order valence-electron chi connectivity index (χ0n) is 12.0. The Morgan fingerprint density at radius 1 is 1.22 bits per heavy atom. The molecule has 7 heteroatoms. The van der Waals surface area contributed by atoms with Crippen LogP contribution in [0.4, 0.5) is 0 Å². The maximum atomic E-state index is 12.6. The highest BCUT2D eigenvalue weighted by molar-refractivity contribution is 6.31. The Morgan fingerprint density at radius 2 is 2.04 bits per heavy atom. The molecule has 0 aliphatic carbocycles. The first-order valence-corrected chi connectivity index (χ1v) is 7.60. The Morgan fingerprint density at radius 3 is 2.83 bits per heavy atom. The molecule has 0 radical (unpaired) electrons. The van der Waals surface area contributed by atoms with Gasteiger partial charge in [0.2, 0.25) is 0 Å². The molecule has 0 N–H and O–H groups in total. The van der Waals surface area contributed by atoms with Gasteiger partial charge in [0.05, 0.1) is 12.5 Å². The lowest BCUT2D eigenvalue weighted by Gasteiger charge is -2.16. The second-order valence-electron chi connectivity index (χ2n) is 5.84. The molecule has 118 valence electrons. The Hall–Kier alpha value is -2.34. The first kappa shape index (κ1) is 14.3. The van der Waals surface area contributed by atoms with E-state index in [1.54, 1.807) is 18.2 Å². The summed E-state index contributed by atoms with van der Waals surface area (Å²) in [4.78, 5) is 37.8. The van der Waals surface area contributed by atoms with Crippen molar-refractivity contribution in [3.05, 3.63) is 45.3 Å². The summed E-state index contributed by atoms with van der Waals surface area (Å²) < 4.78 is 10.2. The van der Waals surface area contributed by atoms with Crippen LogP contribution in [0.25, 0.3) is 11.0 Å². The fourth-order valence-corrected chi connectivity index (χ4v) is 3.36. The maximum absolute atomic E-state index is 12.6. The molecule has 23 heavy (non-hydrogen) atoms. The van der Waals surface area contributed by atoms with Crippen molar-refractivity contribution in [2.45, 2.75) is 0 Å². The summed E-state index contributed by atoms with van der Waals surface area (Å²) in [5, 5.41) is 1.07. The Bertz CT molecular complexity index is 890. The van der Waals surface area contributed by atoms with Crippen LogP contribution >= 0.6 is 11.6 Å². The lowest BCUT2D eigenvalue weighted by molar-refractivity contribution is -0.141. The normalized spacial score (nSPS) is 23.2. The summed E-state index contributed by atoms with van der Waals surface area (Å²) in [6.07, 6.45) is 0. The molecule has 4 rings (SSSR count). The lowest BCUT2D eigenvalue weighted by Crippen LogP contribution is -2.33. The number of carbonyl (C=O) groups excluding carboxylic acids is 2. The third-order valence-corrected chi connectivity index (χ3v) is 4.63. The van der Waals surface area contributed by atoms with E-state index in [0.29, 0.717) is 29.1 Å². The molecule has 3 heterocycles. The van der Waals surface area contributed by atoms with Crippen molar-refractivity contribution in [2.24, 2.45) is 11.8 Å². The molecule has 2 saturated heterocycles. The van der Waals surface area contributed by atoms with Gasteiger partial charge in [0.25, 0.3) is 5.91 Å². The number of halogens is 1. The topological polar surface area (TPSA) is 76.8 Å². The van der Waals surface area contributed by atoms with Gasteiger partial charge in [0.15, 0.2) is 0 Å². The number of likely N-dealkylation sites (tertiary alicyclic amines) is 1. The zero-order chi connectivity index (χ0) is 16.1. The predicted octanol–water partition coefficient (Wildman–Crippen LogP) is 1.69. The second kappa shape index (κ2) is 5.09. The number of esters is 1. The molecule has 2 aromatic rings. The standard InChI is InChI=1S/C16H12ClNO5/c17-10-1-2-13-8(3-10)4-11(16(21)23-13)14(19)18-5-9-7-22-15(20)12(9)6-18/h1-4,9,12H,5-7H2/t9-,12-/m1/s1. The number of carbonyl (C=O) groups is 2. The summed E-state index contributed by atoms with van der Waals surface area (Å²) in [6, 6.07) is 6.32. The highest BCUT2D eigenvalue weighted by atomic mass is 35.5. The van der Waals surface area contributed by atoms with E-state index in [1.165, 1.54) is 11.0 Å². The molecule has 1 aromatic carbocycles. The Labute approximate surface area is 135 Å². The van der Waals surface area contributed by atoms with Gasteiger partial charge in [-0.25, -0.2) is 4.79 Å². The van der Waals surface area contributed by atoms with Crippen molar-refractivity contribution < 1.29 is 18.7 Å². The predicted molar refractivity (Wildman–Crippen MR) is 81.3 cm³/mol. The first-order valence-electron chi connectivity index (χ1n) is 7.22. The van der Waals surface area contributed by atoms with E-state index in [9.17, 15) is 14.4 Å². The second-order valence-corrected chi connectivity index (χ2v) is 6.27. The number of fused-ring (bicyclic) bond motifs is 2. The molecular formula is C16H12ClNO5. The van der Waals surface area contributed by atoms with Crippen molar-refractivity contribution in [1.82, 2.24) is 4.90 Å². The van der Waals surface area contributed by atoms with Crippen LogP contribution in [0.1, 0.15) is 10.4 Å². The van der Waals surface area contributed by atoms with Gasteiger partial charge >= 0.3 is 11.6 Å². The van der Waals surface area contributed by atoms with Crippen LogP contribution in [-0.4, -0.2) is 36.5 Å². The van der Waals surface area contributed by atoms with Crippen molar-refractivity contribution >= 4 is 34.4 Å². The third kappa shape index (κ3) is 2.30. The highest BCUT2D eigenvalue weighted by Crippen LogP contribution is 2.31. The maximum Gasteiger partial charge on any atom is 0.349 e. The lowest BCUT2D eigenvalue weighted by atomic mass is 10.0. The first-order chi connectivity index (χ1) is 11.0. The molecule has 2 aliphatic heterocycles. The molecule has 2 aliphatic rings. The minimum atomic E-state index is -0.690. The highest BCUT2D eigenvalue weighted by Gasteiger charge is 2.45. The molecule has 6 nitrogen and oxygen atoms in total. The third-order valence-electron chi connectivity index (χ3n) is 4.40. The minimum Gasteiger partial charge on any atom is -0.465 e. The molecule has 0 bridgehead atoms. The summed E-state index contributed by atoms with van der Waals surface area (Å²) in [7, 11) is 0. The molecule has 0 saturated carbocycles. The van der Waals surface area contributed by atoms with Crippen molar-refractivity contribution in [2.75, 3.05) is 19.7 Å². The van der Waals surface area contributed by atoms with Crippen LogP contribution in [0, 0.1) is 11.8 Å². The Kier molecular flexibility index (Phi) is 3.16. The van der Waals surface area contributed by atoms with Crippen LogP contribution in [0.15, 0.2) is 33.5 Å². The smallest absolute Gasteiger partial charge is 0.349 e. The summed E-state index contributed by atoms with van der Waals surface area (Å²) in [5.41, 5.74) is -0.365. The molecular weight excluding hydrogens is 322 g/mol. The number of benzene rings is 1. The summed E-state index contributed by atoms with van der Waals surface area (Å²) in [5.74, 6) is -0.986. The number of nitrogens with zero attached hydrogens (tertiary/aromatic N) is 1. The van der Waals surface area contributed by atoms with Gasteiger partial charge in [0, 0.05) is 29.4 Å². The van der Waals surface area contributed by atoms with Crippen LogP contribution in [0.5, 0.6) is 0 Å². The van der Waals surface area contributed by atoms with E-state index < -0.39 is 11.5 Å². The summed E-state index contributed by atoms with van der Waals surface area (Å²) >= 11 is 5.93. The minimum absolute atomic E-state index is 0.00777. The van der Waals surface area contributed by atoms with E-state index in [0.717, 1.165) is 0 Å². The molecule has 1 amide bonds. The van der Waals surface area contributed by atoms with Crippen LogP contribution < -0.4 is 5.63 Å². The SMILES string of the molecule is O=C1OC[C@H]2CN(C(=O)c3cc4cc(Cl)ccc4oc3=O)C[C@@H]12. The van der Waals surface area contributed by atoms with Gasteiger partial charge in [-0.2, -0.15) is 0 Å². The van der Waals surface area contributed by atoms with E-state index in [4.69, 9.17) is 20.8 Å². The molecule has 2 atom stereocenters. The quantitative estimate of drug-likeness (QED) is 0.586. The van der Waals surface area contributed by atoms with Crippen molar-refractivity contribution in [3.8, 4) is 0 Å². The van der Waals surface area contributed by atoms with E-state index in [-0.39, 0.29) is 29.9 Å². The summed E-state index contributed by atoms with van der Waals surface area (Å²) in [6.45, 7) is 1.01. The van der Waals surface area contributed by atoms with Gasteiger partial charge in [-0.3, -0.25) is 9.59 Å². The molecule has 0 unspecified atom stereocenters. The number of hydrogen-bond acceptors (Lipinski definition) is 5. The average molecular weight is 334 g/mol. The largest absolute Gasteiger partial charge is 0.465 e. The van der Waals surface area contributed by atoms with Crippen molar-refractivity contribution in [3.63, 3.8) is 0 Å². The van der Waals surface area contributed by atoms with Gasteiger partial charge in [-0.15, -0.1) is 0 Å². The van der Waals surface area contributed by atoms with Gasteiger partial charge < -0.3 is 14.1 Å². The average Bonchev–Trinajstić information content (AvgIpc) is 3.09. The fourth-order valence-electron chi connectivity index (χ4n) is 3.18. The van der Waals surface area contributed by atoms with Crippen LogP contribution in [-0.2, 0) is 9.53 Å². The zero-order valence-corrected chi connectivity index (χ0v) is 12.7. The molecule has 1 aromatic heterocycles. The van der Waals surface area contributed by atoms with Crippen LogP contribution in [0.2, 0.25) is 5.02 Å².